The molecule has 132 valence electrons. The normalized spacial score (nSPS) is 11.0. The zero-order valence-electron chi connectivity index (χ0n) is 14.7. The van der Waals surface area contributed by atoms with Crippen molar-refractivity contribution >= 4 is 23.2 Å². The van der Waals surface area contributed by atoms with E-state index in [1.54, 1.807) is 23.7 Å². The Bertz CT molecular complexity index is 1060. The number of hydrazone groups is 1. The molecule has 0 atom stereocenters. The van der Waals surface area contributed by atoms with E-state index in [4.69, 9.17) is 0 Å². The number of thiazole rings is 1. The highest BCUT2D eigenvalue weighted by molar-refractivity contribution is 7.18. The summed E-state index contributed by atoms with van der Waals surface area (Å²) in [6, 6.07) is 17.9. The Hall–Kier alpha value is -3.38. The van der Waals surface area contributed by atoms with E-state index in [1.807, 2.05) is 67.0 Å². The smallest absolute Gasteiger partial charge is 0.125 e. The molecule has 0 amide bonds. The van der Waals surface area contributed by atoms with Gasteiger partial charge in [-0.1, -0.05) is 23.8 Å². The second-order valence-corrected chi connectivity index (χ2v) is 6.99. The molecule has 0 saturated carbocycles. The molecule has 0 unspecified atom stereocenters. The lowest BCUT2D eigenvalue weighted by molar-refractivity contribution is 1.28. The quantitative estimate of drug-likeness (QED) is 0.395. The third kappa shape index (κ3) is 4.24. The van der Waals surface area contributed by atoms with Crippen LogP contribution in [0.25, 0.3) is 21.1 Å². The number of pyridine rings is 2. The van der Waals surface area contributed by atoms with Crippen molar-refractivity contribution < 1.29 is 0 Å². The maximum atomic E-state index is 4.66. The molecule has 0 fully saturated rings. The van der Waals surface area contributed by atoms with Gasteiger partial charge in [0.25, 0.3) is 0 Å². The van der Waals surface area contributed by atoms with E-state index in [-0.39, 0.29) is 0 Å². The molecule has 27 heavy (non-hydrogen) atoms. The van der Waals surface area contributed by atoms with Crippen LogP contribution in [-0.2, 0) is 0 Å². The molecule has 0 aliphatic rings. The van der Waals surface area contributed by atoms with Gasteiger partial charge in [-0.05, 0) is 43.3 Å². The molecule has 0 saturated heterocycles. The molecule has 1 N–H and O–H groups in total. The summed E-state index contributed by atoms with van der Waals surface area (Å²) in [7, 11) is 0. The van der Waals surface area contributed by atoms with E-state index in [0.717, 1.165) is 32.5 Å². The first-order valence-corrected chi connectivity index (χ1v) is 9.29. The number of benzene rings is 1. The Morgan fingerprint density at radius 2 is 1.89 bits per heavy atom. The van der Waals surface area contributed by atoms with E-state index in [1.165, 1.54) is 5.56 Å². The third-order valence-electron chi connectivity index (χ3n) is 3.88. The topological polar surface area (TPSA) is 63.1 Å². The number of anilines is 1. The monoisotopic (exact) mass is 371 g/mol. The summed E-state index contributed by atoms with van der Waals surface area (Å²) in [6.07, 6.45) is 7.14. The van der Waals surface area contributed by atoms with Crippen molar-refractivity contribution in [2.24, 2.45) is 5.10 Å². The Morgan fingerprint density at radius 3 is 2.70 bits per heavy atom. The third-order valence-corrected chi connectivity index (χ3v) is 4.95. The van der Waals surface area contributed by atoms with Crippen molar-refractivity contribution in [1.29, 1.82) is 0 Å². The second-order valence-electron chi connectivity index (χ2n) is 5.96. The van der Waals surface area contributed by atoms with Gasteiger partial charge in [0.05, 0.1) is 28.2 Å². The highest BCUT2D eigenvalue weighted by Gasteiger charge is 2.08. The fourth-order valence-corrected chi connectivity index (χ4v) is 3.35. The summed E-state index contributed by atoms with van der Waals surface area (Å²) in [6.45, 7) is 2.06. The minimum Gasteiger partial charge on any atom is -0.278 e. The Kier molecular flexibility index (Phi) is 4.98. The zero-order chi connectivity index (χ0) is 18.5. The van der Waals surface area contributed by atoms with Gasteiger partial charge >= 0.3 is 0 Å². The van der Waals surface area contributed by atoms with E-state index in [9.17, 15) is 0 Å². The van der Waals surface area contributed by atoms with E-state index < -0.39 is 0 Å². The van der Waals surface area contributed by atoms with Crippen LogP contribution in [-0.4, -0.2) is 21.2 Å². The number of aromatic nitrogens is 3. The summed E-state index contributed by atoms with van der Waals surface area (Å²) in [5, 5.41) is 5.20. The Balaban J connectivity index is 1.50. The highest BCUT2D eigenvalue weighted by Crippen LogP contribution is 2.30. The van der Waals surface area contributed by atoms with Crippen LogP contribution in [0.2, 0.25) is 0 Å². The van der Waals surface area contributed by atoms with Crippen molar-refractivity contribution in [2.75, 3.05) is 5.43 Å². The predicted octanol–water partition coefficient (Wildman–Crippen LogP) is 5.02. The van der Waals surface area contributed by atoms with Gasteiger partial charge in [0.2, 0.25) is 0 Å². The summed E-state index contributed by atoms with van der Waals surface area (Å²) in [4.78, 5) is 14.3. The number of nitrogens with zero attached hydrogens (tertiary/aromatic N) is 4. The molecule has 4 rings (SSSR count). The second kappa shape index (κ2) is 7.88. The molecule has 5 nitrogen and oxygen atoms in total. The Labute approximate surface area is 161 Å². The van der Waals surface area contributed by atoms with Gasteiger partial charge in [0.15, 0.2) is 0 Å². The van der Waals surface area contributed by atoms with E-state index >= 15 is 0 Å². The van der Waals surface area contributed by atoms with Crippen molar-refractivity contribution in [2.45, 2.75) is 6.92 Å². The van der Waals surface area contributed by atoms with Crippen molar-refractivity contribution in [3.05, 3.63) is 84.4 Å². The number of hydrogen-bond acceptors (Lipinski definition) is 6. The molecule has 6 heteroatoms. The fourth-order valence-electron chi connectivity index (χ4n) is 2.48. The lowest BCUT2D eigenvalue weighted by atomic mass is 10.2. The number of aryl methyl sites for hydroxylation is 1. The molecule has 0 spiro atoms. The van der Waals surface area contributed by atoms with Crippen LogP contribution in [0, 0.1) is 6.92 Å². The number of hydrogen-bond donors (Lipinski definition) is 1. The maximum absolute atomic E-state index is 4.66. The predicted molar refractivity (Wildman–Crippen MR) is 111 cm³/mol. The SMILES string of the molecule is Cc1ccc(N/N=C/c2cccc(-c3cnc(-c4cccnc4)s3)n2)cc1. The first-order valence-electron chi connectivity index (χ1n) is 8.47. The van der Waals surface area contributed by atoms with Crippen LogP contribution in [0.3, 0.4) is 0 Å². The van der Waals surface area contributed by atoms with E-state index in [2.05, 4.69) is 32.4 Å². The minimum absolute atomic E-state index is 0.781. The summed E-state index contributed by atoms with van der Waals surface area (Å²) in [5.41, 5.74) is 7.84. The molecule has 4 aromatic rings. The van der Waals surface area contributed by atoms with Crippen LogP contribution in [0.1, 0.15) is 11.3 Å². The van der Waals surface area contributed by atoms with Crippen LogP contribution in [0.5, 0.6) is 0 Å². The molecular weight excluding hydrogens is 354 g/mol. The van der Waals surface area contributed by atoms with Crippen molar-refractivity contribution in [3.8, 4) is 21.1 Å². The van der Waals surface area contributed by atoms with Crippen LogP contribution >= 0.6 is 11.3 Å². The summed E-state index contributed by atoms with van der Waals surface area (Å²) >= 11 is 1.60. The molecule has 1 aromatic carbocycles. The lowest BCUT2D eigenvalue weighted by Crippen LogP contribution is -1.93. The van der Waals surface area contributed by atoms with Gasteiger partial charge < -0.3 is 0 Å². The first kappa shape index (κ1) is 17.1. The van der Waals surface area contributed by atoms with Crippen LogP contribution in [0.4, 0.5) is 5.69 Å². The standard InChI is InChI=1S/C21H17N5S/c1-15-7-9-17(10-8-15)26-24-13-18-5-2-6-19(25-18)20-14-23-21(27-20)16-4-3-11-22-12-16/h2-14,26H,1H3/b24-13+. The molecule has 0 aliphatic carbocycles. The molecule has 0 radical (unpaired) electrons. The fraction of sp³-hybridized carbons (Fsp3) is 0.0476. The number of nitrogens with one attached hydrogen (secondary N) is 1. The van der Waals surface area contributed by atoms with Gasteiger partial charge in [-0.3, -0.25) is 10.4 Å². The summed E-state index contributed by atoms with van der Waals surface area (Å²) in [5.74, 6) is 0. The minimum atomic E-state index is 0.781. The highest BCUT2D eigenvalue weighted by atomic mass is 32.1. The molecule has 3 heterocycles. The largest absolute Gasteiger partial charge is 0.278 e. The molecule has 0 bridgehead atoms. The lowest BCUT2D eigenvalue weighted by Gasteiger charge is -2.01. The first-order chi connectivity index (χ1) is 13.3. The maximum Gasteiger partial charge on any atom is 0.125 e. The Morgan fingerprint density at radius 1 is 1.00 bits per heavy atom. The molecule has 3 aromatic heterocycles. The summed E-state index contributed by atoms with van der Waals surface area (Å²) < 4.78 is 0. The average molecular weight is 371 g/mol. The molecule has 0 aliphatic heterocycles. The van der Waals surface area contributed by atoms with Gasteiger partial charge in [0.1, 0.15) is 5.01 Å². The van der Waals surface area contributed by atoms with E-state index in [0.29, 0.717) is 0 Å². The molecular formula is C21H17N5S. The van der Waals surface area contributed by atoms with Gasteiger partial charge in [0, 0.05) is 24.2 Å². The van der Waals surface area contributed by atoms with Crippen molar-refractivity contribution in [1.82, 2.24) is 15.0 Å². The zero-order valence-corrected chi connectivity index (χ0v) is 15.5. The van der Waals surface area contributed by atoms with Gasteiger partial charge in [-0.2, -0.15) is 5.10 Å². The average Bonchev–Trinajstić information content (AvgIpc) is 3.21. The van der Waals surface area contributed by atoms with Gasteiger partial charge in [-0.25, -0.2) is 9.97 Å². The van der Waals surface area contributed by atoms with Gasteiger partial charge in [-0.15, -0.1) is 11.3 Å². The van der Waals surface area contributed by atoms with Crippen molar-refractivity contribution in [3.63, 3.8) is 0 Å². The van der Waals surface area contributed by atoms with Crippen LogP contribution < -0.4 is 5.43 Å². The number of rotatable bonds is 5. The van der Waals surface area contributed by atoms with Crippen LogP contribution in [0.15, 0.2) is 78.3 Å².